The number of amides is 2. The first-order valence-electron chi connectivity index (χ1n) is 10.8. The van der Waals surface area contributed by atoms with Crippen molar-refractivity contribution in [1.82, 2.24) is 14.5 Å². The lowest BCUT2D eigenvalue weighted by Crippen LogP contribution is -2.41. The Kier molecular flexibility index (Phi) is 7.20. The molecule has 2 amide bonds. The van der Waals surface area contributed by atoms with Crippen molar-refractivity contribution in [3.8, 4) is 0 Å². The molecule has 4 rings (SSSR count). The average Bonchev–Trinajstić information content (AvgIpc) is 3.00. The molecule has 2 aromatic carbocycles. The van der Waals surface area contributed by atoms with E-state index in [-0.39, 0.29) is 17.0 Å². The molecule has 1 fully saturated rings. The molecule has 1 saturated heterocycles. The van der Waals surface area contributed by atoms with Crippen molar-refractivity contribution >= 4 is 34.5 Å². The monoisotopic (exact) mass is 469 g/mol. The number of imide groups is 1. The number of methoxy groups -OCH3 is 1. The maximum Gasteiger partial charge on any atom is 0.262 e. The molecule has 1 aliphatic heterocycles. The van der Waals surface area contributed by atoms with Crippen LogP contribution in [0, 0.1) is 5.82 Å². The lowest BCUT2D eigenvalue weighted by molar-refractivity contribution is -0.127. The number of rotatable bonds is 6. The number of likely N-dealkylation sites (tertiary alicyclic amines) is 1. The van der Waals surface area contributed by atoms with Crippen molar-refractivity contribution < 1.29 is 18.7 Å². The Hall–Kier alpha value is -3.04. The Morgan fingerprint density at radius 2 is 1.91 bits per heavy atom. The maximum absolute atomic E-state index is 13.4. The summed E-state index contributed by atoms with van der Waals surface area (Å²) < 4.78 is 20.0. The third-order valence-electron chi connectivity index (χ3n) is 5.57. The van der Waals surface area contributed by atoms with Crippen LogP contribution >= 0.6 is 11.8 Å². The topological polar surface area (TPSA) is 81.5 Å². The number of aromatic nitrogens is 2. The Morgan fingerprint density at radius 3 is 2.67 bits per heavy atom. The number of para-hydroxylation sites is 1. The molecule has 33 heavy (non-hydrogen) atoms. The van der Waals surface area contributed by atoms with E-state index in [4.69, 9.17) is 4.74 Å². The lowest BCUT2D eigenvalue weighted by Gasteiger charge is -2.23. The van der Waals surface area contributed by atoms with E-state index in [1.54, 1.807) is 25.3 Å². The van der Waals surface area contributed by atoms with Crippen LogP contribution in [0.25, 0.3) is 10.9 Å². The Morgan fingerprint density at radius 1 is 1.15 bits per heavy atom. The van der Waals surface area contributed by atoms with Crippen LogP contribution in [0.5, 0.6) is 0 Å². The molecule has 1 aliphatic rings. The van der Waals surface area contributed by atoms with Gasteiger partial charge in [0.05, 0.1) is 29.3 Å². The van der Waals surface area contributed by atoms with Crippen molar-refractivity contribution in [2.75, 3.05) is 20.3 Å². The summed E-state index contributed by atoms with van der Waals surface area (Å²) in [5, 5.41) is 0.349. The van der Waals surface area contributed by atoms with Gasteiger partial charge in [-0.1, -0.05) is 30.3 Å². The van der Waals surface area contributed by atoms with Gasteiger partial charge < -0.3 is 4.74 Å². The summed E-state index contributed by atoms with van der Waals surface area (Å²) in [5.41, 5.74) is 0.621. The molecule has 0 aliphatic carbocycles. The van der Waals surface area contributed by atoms with Gasteiger partial charge in [0.1, 0.15) is 5.82 Å². The van der Waals surface area contributed by atoms with Crippen molar-refractivity contribution in [2.45, 2.75) is 36.2 Å². The largest absolute Gasteiger partial charge is 0.383 e. The predicted octanol–water partition coefficient (Wildman–Crippen LogP) is 3.50. The van der Waals surface area contributed by atoms with Gasteiger partial charge in [-0.05, 0) is 49.2 Å². The Balaban J connectivity index is 1.66. The Labute approximate surface area is 194 Å². The molecular formula is C24H24FN3O4S. The van der Waals surface area contributed by atoms with Crippen LogP contribution in [-0.4, -0.2) is 51.8 Å². The zero-order valence-corrected chi connectivity index (χ0v) is 19.0. The summed E-state index contributed by atoms with van der Waals surface area (Å²) in [6, 6.07) is 12.2. The number of halogens is 1. The van der Waals surface area contributed by atoms with Crippen molar-refractivity contribution in [1.29, 1.82) is 0 Å². The summed E-state index contributed by atoms with van der Waals surface area (Å²) in [5.74, 6) is -1.22. The zero-order chi connectivity index (χ0) is 23.4. The molecule has 0 radical (unpaired) electrons. The second kappa shape index (κ2) is 10.3. The van der Waals surface area contributed by atoms with Gasteiger partial charge in [-0.15, -0.1) is 0 Å². The molecular weight excluding hydrogens is 445 g/mol. The van der Waals surface area contributed by atoms with Gasteiger partial charge in [0.15, 0.2) is 5.16 Å². The van der Waals surface area contributed by atoms with Gasteiger partial charge in [0.25, 0.3) is 11.5 Å². The summed E-state index contributed by atoms with van der Waals surface area (Å²) in [6.45, 7) is 0.920. The number of nitrogens with zero attached hydrogens (tertiary/aromatic N) is 3. The third-order valence-corrected chi connectivity index (χ3v) is 6.81. The summed E-state index contributed by atoms with van der Waals surface area (Å²) in [7, 11) is 1.56. The zero-order valence-electron chi connectivity index (χ0n) is 18.2. The van der Waals surface area contributed by atoms with Crippen LogP contribution in [0.3, 0.4) is 0 Å². The fourth-order valence-corrected chi connectivity index (χ4v) is 5.03. The number of hydrogen-bond donors (Lipinski definition) is 0. The summed E-state index contributed by atoms with van der Waals surface area (Å²) >= 11 is 1.20. The number of benzene rings is 2. The molecule has 1 aromatic heterocycles. The van der Waals surface area contributed by atoms with E-state index in [1.807, 2.05) is 6.07 Å². The van der Waals surface area contributed by atoms with Gasteiger partial charge in [0, 0.05) is 19.2 Å². The molecule has 0 bridgehead atoms. The number of ether oxygens (including phenoxy) is 1. The molecule has 172 valence electrons. The van der Waals surface area contributed by atoms with E-state index in [0.29, 0.717) is 48.6 Å². The highest BCUT2D eigenvalue weighted by Crippen LogP contribution is 2.30. The first-order chi connectivity index (χ1) is 16.0. The minimum Gasteiger partial charge on any atom is -0.383 e. The van der Waals surface area contributed by atoms with Gasteiger partial charge in [-0.3, -0.25) is 23.9 Å². The van der Waals surface area contributed by atoms with E-state index in [9.17, 15) is 18.8 Å². The minimum atomic E-state index is -0.571. The average molecular weight is 470 g/mol. The van der Waals surface area contributed by atoms with Crippen LogP contribution in [0.1, 0.15) is 29.6 Å². The van der Waals surface area contributed by atoms with E-state index in [1.165, 1.54) is 45.5 Å². The van der Waals surface area contributed by atoms with Crippen molar-refractivity contribution in [2.24, 2.45) is 0 Å². The molecule has 0 N–H and O–H groups in total. The highest BCUT2D eigenvalue weighted by atomic mass is 32.2. The highest BCUT2D eigenvalue weighted by molar-refractivity contribution is 8.00. The molecule has 2 heterocycles. The predicted molar refractivity (Wildman–Crippen MR) is 124 cm³/mol. The normalized spacial score (nSPS) is 16.7. The number of carbonyl (C=O) groups excluding carboxylic acids is 2. The Bertz CT molecular complexity index is 1230. The SMILES string of the molecule is COCCn1c(S[C@@H]2CCCCN(C(=O)c3ccc(F)cc3)C2=O)nc2ccccc2c1=O. The van der Waals surface area contributed by atoms with Gasteiger partial charge >= 0.3 is 0 Å². The molecule has 1 atom stereocenters. The van der Waals surface area contributed by atoms with Crippen molar-refractivity contribution in [3.05, 3.63) is 70.3 Å². The molecule has 0 saturated carbocycles. The number of carbonyl (C=O) groups is 2. The van der Waals surface area contributed by atoms with E-state index in [0.717, 1.165) is 6.42 Å². The second-order valence-electron chi connectivity index (χ2n) is 7.77. The smallest absolute Gasteiger partial charge is 0.262 e. The van der Waals surface area contributed by atoms with Crippen LogP contribution in [0.15, 0.2) is 58.5 Å². The first-order valence-corrected chi connectivity index (χ1v) is 11.6. The third kappa shape index (κ3) is 4.99. The van der Waals surface area contributed by atoms with Crippen molar-refractivity contribution in [3.63, 3.8) is 0 Å². The number of hydrogen-bond acceptors (Lipinski definition) is 6. The second-order valence-corrected chi connectivity index (χ2v) is 8.94. The van der Waals surface area contributed by atoms with Gasteiger partial charge in [-0.2, -0.15) is 0 Å². The molecule has 3 aromatic rings. The molecule has 7 nitrogen and oxygen atoms in total. The van der Waals surface area contributed by atoms with Gasteiger partial charge in [0.2, 0.25) is 5.91 Å². The van der Waals surface area contributed by atoms with Crippen LogP contribution in [0.2, 0.25) is 0 Å². The van der Waals surface area contributed by atoms with Crippen LogP contribution in [-0.2, 0) is 16.1 Å². The van der Waals surface area contributed by atoms with Crippen LogP contribution < -0.4 is 5.56 Å². The molecule has 0 spiro atoms. The first kappa shape index (κ1) is 23.1. The van der Waals surface area contributed by atoms with E-state index >= 15 is 0 Å². The number of thioether (sulfide) groups is 1. The van der Waals surface area contributed by atoms with Gasteiger partial charge in [-0.25, -0.2) is 9.37 Å². The fraction of sp³-hybridized carbons (Fsp3) is 0.333. The maximum atomic E-state index is 13.4. The fourth-order valence-electron chi connectivity index (χ4n) is 3.81. The number of fused-ring (bicyclic) bond motifs is 1. The highest BCUT2D eigenvalue weighted by Gasteiger charge is 2.33. The van der Waals surface area contributed by atoms with E-state index < -0.39 is 17.0 Å². The summed E-state index contributed by atoms with van der Waals surface area (Å²) in [6.07, 6.45) is 1.99. The summed E-state index contributed by atoms with van der Waals surface area (Å²) in [4.78, 5) is 45.4. The molecule has 0 unspecified atom stereocenters. The van der Waals surface area contributed by atoms with Crippen LogP contribution in [0.4, 0.5) is 4.39 Å². The molecule has 9 heteroatoms. The van der Waals surface area contributed by atoms with E-state index in [2.05, 4.69) is 4.98 Å². The lowest BCUT2D eigenvalue weighted by atomic mass is 10.2. The minimum absolute atomic E-state index is 0.194. The standard InChI is InChI=1S/C24H24FN3O4S/c1-32-15-14-28-22(30)18-6-2-3-7-19(18)26-24(28)33-20-8-4-5-13-27(23(20)31)21(29)16-9-11-17(25)12-10-16/h2-3,6-7,9-12,20H,4-5,8,13-15H2,1H3/t20-/m1/s1. The quantitative estimate of drug-likeness (QED) is 0.406.